The van der Waals surface area contributed by atoms with Crippen LogP contribution in [-0.4, -0.2) is 54.9 Å². The van der Waals surface area contributed by atoms with Crippen LogP contribution in [0.2, 0.25) is 0 Å². The van der Waals surface area contributed by atoms with Crippen molar-refractivity contribution in [3.8, 4) is 0 Å². The smallest absolute Gasteiger partial charge is 0.217 e. The largest absolute Gasteiger partial charge is 0.379 e. The molecule has 1 saturated carbocycles. The summed E-state index contributed by atoms with van der Waals surface area (Å²) in [5, 5.41) is -0.175. The van der Waals surface area contributed by atoms with Gasteiger partial charge >= 0.3 is 0 Å². The van der Waals surface area contributed by atoms with Gasteiger partial charge in [-0.15, -0.1) is 0 Å². The van der Waals surface area contributed by atoms with E-state index in [-0.39, 0.29) is 23.3 Å². The first-order chi connectivity index (χ1) is 10.7. The highest BCUT2D eigenvalue weighted by atomic mass is 32.2. The molecule has 3 atom stereocenters. The Bertz CT molecular complexity index is 632. The van der Waals surface area contributed by atoms with Crippen molar-refractivity contribution in [2.24, 2.45) is 5.92 Å². The summed E-state index contributed by atoms with van der Waals surface area (Å²) < 4.78 is 38.3. The van der Waals surface area contributed by atoms with Gasteiger partial charge in [0, 0.05) is 24.9 Å². The van der Waals surface area contributed by atoms with Crippen molar-refractivity contribution in [2.75, 3.05) is 19.8 Å². The quantitative estimate of drug-likeness (QED) is 0.801. The van der Waals surface area contributed by atoms with Crippen molar-refractivity contribution < 1.29 is 17.9 Å². The Morgan fingerprint density at radius 1 is 1.36 bits per heavy atom. The Morgan fingerprint density at radius 2 is 2.23 bits per heavy atom. The topological polar surface area (TPSA) is 68.7 Å². The summed E-state index contributed by atoms with van der Waals surface area (Å²) in [4.78, 5) is 4.07. The van der Waals surface area contributed by atoms with Crippen LogP contribution in [0.1, 0.15) is 18.4 Å². The lowest BCUT2D eigenvalue weighted by Crippen LogP contribution is -2.40. The van der Waals surface area contributed by atoms with E-state index in [9.17, 15) is 8.42 Å². The highest BCUT2D eigenvalue weighted by Gasteiger charge is 2.53. The summed E-state index contributed by atoms with van der Waals surface area (Å²) in [5.41, 5.74) is 1.00. The summed E-state index contributed by atoms with van der Waals surface area (Å²) in [5.74, 6) is 0.144. The molecule has 0 radical (unpaired) electrons. The van der Waals surface area contributed by atoms with Crippen molar-refractivity contribution in [1.82, 2.24) is 9.29 Å². The molecule has 0 bridgehead atoms. The van der Waals surface area contributed by atoms with Gasteiger partial charge in [0.2, 0.25) is 10.0 Å². The van der Waals surface area contributed by atoms with Crippen molar-refractivity contribution >= 4 is 10.0 Å². The molecule has 1 aromatic rings. The van der Waals surface area contributed by atoms with Crippen LogP contribution in [-0.2, 0) is 26.1 Å². The fourth-order valence-electron chi connectivity index (χ4n) is 3.37. The van der Waals surface area contributed by atoms with Gasteiger partial charge in [0.1, 0.15) is 0 Å². The van der Waals surface area contributed by atoms with E-state index < -0.39 is 10.0 Å². The molecule has 2 saturated heterocycles. The number of pyridine rings is 1. The first-order valence-electron chi connectivity index (χ1n) is 7.75. The first kappa shape index (κ1) is 14.6. The van der Waals surface area contributed by atoms with E-state index in [1.165, 1.54) is 0 Å². The maximum Gasteiger partial charge on any atom is 0.217 e. The average Bonchev–Trinajstić information content (AvgIpc) is 3.18. The van der Waals surface area contributed by atoms with E-state index in [2.05, 4.69) is 4.98 Å². The second-order valence-corrected chi connectivity index (χ2v) is 8.46. The molecule has 0 unspecified atom stereocenters. The van der Waals surface area contributed by atoms with E-state index in [4.69, 9.17) is 9.47 Å². The van der Waals surface area contributed by atoms with E-state index in [0.717, 1.165) is 18.4 Å². The molecular weight excluding hydrogens is 304 g/mol. The Kier molecular flexibility index (Phi) is 3.68. The fraction of sp³-hybridized carbons (Fsp3) is 0.667. The molecule has 22 heavy (non-hydrogen) atoms. The lowest BCUT2D eigenvalue weighted by molar-refractivity contribution is 0.0126. The molecule has 6 nitrogen and oxygen atoms in total. The molecule has 0 aromatic carbocycles. The molecule has 0 N–H and O–H groups in total. The minimum atomic E-state index is -3.17. The average molecular weight is 324 g/mol. The molecule has 120 valence electrons. The minimum absolute atomic E-state index is 0.0514. The minimum Gasteiger partial charge on any atom is -0.379 e. The van der Waals surface area contributed by atoms with Crippen LogP contribution in [0.15, 0.2) is 24.5 Å². The van der Waals surface area contributed by atoms with Gasteiger partial charge in [0.05, 0.1) is 37.2 Å². The van der Waals surface area contributed by atoms with E-state index in [1.54, 1.807) is 16.7 Å². The van der Waals surface area contributed by atoms with Gasteiger partial charge in [-0.1, -0.05) is 6.07 Å². The zero-order valence-electron chi connectivity index (χ0n) is 12.3. The molecule has 3 heterocycles. The molecule has 7 heteroatoms. The number of nitrogens with zero attached hydrogens (tertiary/aromatic N) is 2. The molecule has 3 fully saturated rings. The maximum absolute atomic E-state index is 12.6. The molecule has 3 aliphatic rings. The third-order valence-corrected chi connectivity index (χ3v) is 7.15. The van der Waals surface area contributed by atoms with Crippen molar-refractivity contribution in [2.45, 2.75) is 36.8 Å². The SMILES string of the molecule is O=S(=O)(C1CC1)N1C[C@@H](OCc2cccnc2)[C@@H]2COC[C@@H]21. The molecule has 1 aliphatic carbocycles. The second kappa shape index (κ2) is 5.56. The second-order valence-electron chi connectivity index (χ2n) is 6.29. The summed E-state index contributed by atoms with van der Waals surface area (Å²) in [6.07, 6.45) is 4.98. The van der Waals surface area contributed by atoms with Crippen LogP contribution in [0, 0.1) is 5.92 Å². The number of fused-ring (bicyclic) bond motifs is 1. The lowest BCUT2D eigenvalue weighted by atomic mass is 10.0. The first-order valence-corrected chi connectivity index (χ1v) is 9.25. The van der Waals surface area contributed by atoms with Crippen molar-refractivity contribution in [3.63, 3.8) is 0 Å². The summed E-state index contributed by atoms with van der Waals surface area (Å²) >= 11 is 0. The Hall–Kier alpha value is -1.02. The van der Waals surface area contributed by atoms with Crippen LogP contribution < -0.4 is 0 Å². The number of hydrogen-bond donors (Lipinski definition) is 0. The molecule has 0 spiro atoms. The van der Waals surface area contributed by atoms with Crippen molar-refractivity contribution in [3.05, 3.63) is 30.1 Å². The predicted octanol–water partition coefficient (Wildman–Crippen LogP) is 0.790. The number of rotatable bonds is 5. The van der Waals surface area contributed by atoms with Gasteiger partial charge in [-0.3, -0.25) is 4.98 Å². The Balaban J connectivity index is 1.47. The number of sulfonamides is 1. The van der Waals surface area contributed by atoms with E-state index in [0.29, 0.717) is 26.4 Å². The summed E-state index contributed by atoms with van der Waals surface area (Å²) in [7, 11) is -3.17. The highest BCUT2D eigenvalue weighted by Crippen LogP contribution is 2.39. The van der Waals surface area contributed by atoms with Gasteiger partial charge in [0.25, 0.3) is 0 Å². The standard InChI is InChI=1S/C15H20N2O4S/c18-22(19,12-3-4-12)17-7-15(13-9-20-10-14(13)17)21-8-11-2-1-5-16-6-11/h1-2,5-6,12-15H,3-4,7-10H2/t13-,14+,15-/m1/s1. The lowest BCUT2D eigenvalue weighted by Gasteiger charge is -2.21. The third-order valence-electron chi connectivity index (χ3n) is 4.76. The van der Waals surface area contributed by atoms with Gasteiger partial charge in [-0.25, -0.2) is 8.42 Å². The number of hydrogen-bond acceptors (Lipinski definition) is 5. The van der Waals surface area contributed by atoms with Crippen molar-refractivity contribution in [1.29, 1.82) is 0 Å². The highest BCUT2D eigenvalue weighted by molar-refractivity contribution is 7.90. The van der Waals surface area contributed by atoms with Crippen LogP contribution in [0.3, 0.4) is 0 Å². The number of ether oxygens (including phenoxy) is 2. The zero-order valence-corrected chi connectivity index (χ0v) is 13.1. The monoisotopic (exact) mass is 324 g/mol. The van der Waals surface area contributed by atoms with Crippen LogP contribution in [0.4, 0.5) is 0 Å². The summed E-state index contributed by atoms with van der Waals surface area (Å²) in [6, 6.07) is 3.78. The number of aromatic nitrogens is 1. The molecule has 1 aromatic heterocycles. The molecular formula is C15H20N2O4S. The normalized spacial score (nSPS) is 32.3. The van der Waals surface area contributed by atoms with Gasteiger partial charge in [0.15, 0.2) is 0 Å². The molecule has 2 aliphatic heterocycles. The van der Waals surface area contributed by atoms with Crippen LogP contribution in [0.5, 0.6) is 0 Å². The third kappa shape index (κ3) is 2.56. The van der Waals surface area contributed by atoms with Gasteiger partial charge in [-0.05, 0) is 24.5 Å². The van der Waals surface area contributed by atoms with Crippen LogP contribution >= 0.6 is 0 Å². The van der Waals surface area contributed by atoms with Crippen LogP contribution in [0.25, 0.3) is 0 Å². The van der Waals surface area contributed by atoms with Gasteiger partial charge < -0.3 is 9.47 Å². The maximum atomic E-state index is 12.6. The molecule has 4 rings (SSSR count). The fourth-order valence-corrected chi connectivity index (χ4v) is 5.44. The van der Waals surface area contributed by atoms with E-state index >= 15 is 0 Å². The van der Waals surface area contributed by atoms with Gasteiger partial charge in [-0.2, -0.15) is 4.31 Å². The van der Waals surface area contributed by atoms with E-state index in [1.807, 2.05) is 12.1 Å². The summed E-state index contributed by atoms with van der Waals surface area (Å²) in [6.45, 7) is 1.99. The Morgan fingerprint density at radius 3 is 2.95 bits per heavy atom. The molecule has 0 amide bonds. The predicted molar refractivity (Wildman–Crippen MR) is 79.6 cm³/mol. The zero-order chi connectivity index (χ0) is 15.2. The Labute approximate surface area is 130 Å².